The van der Waals surface area contributed by atoms with E-state index in [9.17, 15) is 5.11 Å². The van der Waals surface area contributed by atoms with Crippen LogP contribution in [0.1, 0.15) is 13.3 Å². The second kappa shape index (κ2) is 6.63. The van der Waals surface area contributed by atoms with E-state index in [0.29, 0.717) is 17.9 Å². The quantitative estimate of drug-likeness (QED) is 0.885. The maximum Gasteiger partial charge on any atom is 0.161 e. The molecule has 0 aliphatic heterocycles. The van der Waals surface area contributed by atoms with Crippen molar-refractivity contribution in [1.29, 1.82) is 0 Å². The van der Waals surface area contributed by atoms with Crippen LogP contribution in [0, 0.1) is 0 Å². The second-order valence-electron chi connectivity index (χ2n) is 5.12. The van der Waals surface area contributed by atoms with Crippen molar-refractivity contribution >= 4 is 16.6 Å². The molecule has 1 aromatic carbocycles. The van der Waals surface area contributed by atoms with Gasteiger partial charge in [-0.2, -0.15) is 0 Å². The molecular weight excluding hydrogens is 268 g/mol. The van der Waals surface area contributed by atoms with Crippen LogP contribution in [0.2, 0.25) is 0 Å². The van der Waals surface area contributed by atoms with Gasteiger partial charge < -0.3 is 19.5 Å². The number of nitrogens with zero attached hydrogens (tertiary/aromatic N) is 2. The molecule has 0 saturated carbocycles. The van der Waals surface area contributed by atoms with Gasteiger partial charge in [0.1, 0.15) is 5.82 Å². The van der Waals surface area contributed by atoms with E-state index in [0.717, 1.165) is 23.1 Å². The van der Waals surface area contributed by atoms with Gasteiger partial charge >= 0.3 is 0 Å². The Bertz CT molecular complexity index is 614. The molecule has 0 aliphatic rings. The summed E-state index contributed by atoms with van der Waals surface area (Å²) in [5.41, 5.74) is 0. The molecule has 0 fully saturated rings. The maximum absolute atomic E-state index is 9.43. The molecule has 2 rings (SSSR count). The summed E-state index contributed by atoms with van der Waals surface area (Å²) in [4.78, 5) is 6.51. The van der Waals surface area contributed by atoms with E-state index >= 15 is 0 Å². The Balaban J connectivity index is 2.44. The largest absolute Gasteiger partial charge is 0.493 e. The number of aromatic nitrogens is 1. The summed E-state index contributed by atoms with van der Waals surface area (Å²) in [7, 11) is 5.22. The highest BCUT2D eigenvalue weighted by atomic mass is 16.5. The first-order chi connectivity index (χ1) is 10.1. The number of pyridine rings is 1. The zero-order valence-corrected chi connectivity index (χ0v) is 13.0. The Morgan fingerprint density at radius 1 is 1.24 bits per heavy atom. The van der Waals surface area contributed by atoms with Crippen molar-refractivity contribution in [2.75, 3.05) is 32.7 Å². The van der Waals surface area contributed by atoms with Gasteiger partial charge in [-0.25, -0.2) is 4.98 Å². The Kier molecular flexibility index (Phi) is 4.85. The summed E-state index contributed by atoms with van der Waals surface area (Å²) in [6.07, 6.45) is 2.15. The van der Waals surface area contributed by atoms with Crippen molar-refractivity contribution in [3.05, 3.63) is 24.4 Å². The standard InChI is InChI=1S/C16H22N2O3/c1-11(19)6-8-18(2)16-13-10-15(21-4)14(20-3)9-12(13)5-7-17-16/h5,7,9-11,19H,6,8H2,1-4H3. The number of hydrogen-bond donors (Lipinski definition) is 1. The molecule has 5 nitrogen and oxygen atoms in total. The van der Waals surface area contributed by atoms with Crippen molar-refractivity contribution in [2.24, 2.45) is 0 Å². The van der Waals surface area contributed by atoms with Crippen LogP contribution in [0.3, 0.4) is 0 Å². The molecule has 0 aliphatic carbocycles. The molecule has 0 amide bonds. The van der Waals surface area contributed by atoms with Crippen molar-refractivity contribution < 1.29 is 14.6 Å². The zero-order chi connectivity index (χ0) is 15.4. The van der Waals surface area contributed by atoms with Gasteiger partial charge in [-0.3, -0.25) is 0 Å². The molecule has 1 unspecified atom stereocenters. The summed E-state index contributed by atoms with van der Waals surface area (Å²) < 4.78 is 10.7. The molecule has 1 atom stereocenters. The van der Waals surface area contributed by atoms with Crippen LogP contribution in [0.15, 0.2) is 24.4 Å². The fourth-order valence-electron chi connectivity index (χ4n) is 2.27. The number of ether oxygens (including phenoxy) is 2. The summed E-state index contributed by atoms with van der Waals surface area (Å²) in [6.45, 7) is 2.52. The smallest absolute Gasteiger partial charge is 0.161 e. The van der Waals surface area contributed by atoms with E-state index in [1.165, 1.54) is 0 Å². The van der Waals surface area contributed by atoms with Crippen LogP contribution >= 0.6 is 0 Å². The number of benzene rings is 1. The summed E-state index contributed by atoms with van der Waals surface area (Å²) in [6, 6.07) is 5.83. The number of aliphatic hydroxyl groups excluding tert-OH is 1. The van der Waals surface area contributed by atoms with Crippen LogP contribution in [-0.4, -0.2) is 44.0 Å². The van der Waals surface area contributed by atoms with Gasteiger partial charge in [-0.05, 0) is 36.9 Å². The number of hydrogen-bond acceptors (Lipinski definition) is 5. The van der Waals surface area contributed by atoms with Crippen molar-refractivity contribution in [3.8, 4) is 11.5 Å². The number of aliphatic hydroxyl groups is 1. The molecule has 0 spiro atoms. The SMILES string of the molecule is COc1cc2ccnc(N(C)CCC(C)O)c2cc1OC. The fourth-order valence-corrected chi connectivity index (χ4v) is 2.27. The molecule has 1 heterocycles. The van der Waals surface area contributed by atoms with Crippen LogP contribution in [0.4, 0.5) is 5.82 Å². The first-order valence-electron chi connectivity index (χ1n) is 6.96. The van der Waals surface area contributed by atoms with Gasteiger partial charge in [0.05, 0.1) is 20.3 Å². The Labute approximate surface area is 125 Å². The highest BCUT2D eigenvalue weighted by Gasteiger charge is 2.12. The Morgan fingerprint density at radius 2 is 1.90 bits per heavy atom. The van der Waals surface area contributed by atoms with E-state index < -0.39 is 0 Å². The first-order valence-corrected chi connectivity index (χ1v) is 6.96. The van der Waals surface area contributed by atoms with Crippen molar-refractivity contribution in [3.63, 3.8) is 0 Å². The van der Waals surface area contributed by atoms with Crippen LogP contribution in [0.25, 0.3) is 10.8 Å². The van der Waals surface area contributed by atoms with E-state index in [-0.39, 0.29) is 6.10 Å². The van der Waals surface area contributed by atoms with Gasteiger partial charge in [0.25, 0.3) is 0 Å². The predicted octanol–water partition coefficient (Wildman–Crippen LogP) is 2.46. The lowest BCUT2D eigenvalue weighted by Crippen LogP contribution is -2.22. The van der Waals surface area contributed by atoms with Gasteiger partial charge in [-0.1, -0.05) is 0 Å². The highest BCUT2D eigenvalue weighted by Crippen LogP contribution is 2.35. The van der Waals surface area contributed by atoms with Gasteiger partial charge in [0.2, 0.25) is 0 Å². The van der Waals surface area contributed by atoms with Crippen LogP contribution in [0.5, 0.6) is 11.5 Å². The number of anilines is 1. The topological polar surface area (TPSA) is 54.8 Å². The van der Waals surface area contributed by atoms with E-state index in [4.69, 9.17) is 9.47 Å². The lowest BCUT2D eigenvalue weighted by atomic mass is 10.1. The number of methoxy groups -OCH3 is 2. The van der Waals surface area contributed by atoms with Gasteiger partial charge in [-0.15, -0.1) is 0 Å². The van der Waals surface area contributed by atoms with Crippen LogP contribution in [-0.2, 0) is 0 Å². The minimum absolute atomic E-state index is 0.322. The zero-order valence-electron chi connectivity index (χ0n) is 13.0. The lowest BCUT2D eigenvalue weighted by Gasteiger charge is -2.21. The van der Waals surface area contributed by atoms with Crippen molar-refractivity contribution in [2.45, 2.75) is 19.4 Å². The van der Waals surface area contributed by atoms with Gasteiger partial charge in [0.15, 0.2) is 11.5 Å². The minimum Gasteiger partial charge on any atom is -0.493 e. The summed E-state index contributed by atoms with van der Waals surface area (Å²) in [5, 5.41) is 11.5. The second-order valence-corrected chi connectivity index (χ2v) is 5.12. The lowest BCUT2D eigenvalue weighted by molar-refractivity contribution is 0.187. The molecule has 2 aromatic rings. The molecule has 5 heteroatoms. The fraction of sp³-hybridized carbons (Fsp3) is 0.438. The molecule has 114 valence electrons. The average molecular weight is 290 g/mol. The third-order valence-corrected chi connectivity index (χ3v) is 3.49. The normalized spacial score (nSPS) is 12.2. The van der Waals surface area contributed by atoms with Gasteiger partial charge in [0, 0.05) is 25.2 Å². The molecule has 0 radical (unpaired) electrons. The third kappa shape index (κ3) is 3.36. The molecule has 0 saturated heterocycles. The summed E-state index contributed by atoms with van der Waals surface area (Å²) >= 11 is 0. The van der Waals surface area contributed by atoms with Crippen LogP contribution < -0.4 is 14.4 Å². The molecular formula is C16H22N2O3. The third-order valence-electron chi connectivity index (χ3n) is 3.49. The maximum atomic E-state index is 9.43. The predicted molar refractivity (Wildman–Crippen MR) is 84.4 cm³/mol. The summed E-state index contributed by atoms with van der Waals surface area (Å²) in [5.74, 6) is 2.26. The number of fused-ring (bicyclic) bond motifs is 1. The van der Waals surface area contributed by atoms with E-state index in [1.54, 1.807) is 27.3 Å². The molecule has 1 N–H and O–H groups in total. The first kappa shape index (κ1) is 15.4. The monoisotopic (exact) mass is 290 g/mol. The number of rotatable bonds is 6. The minimum atomic E-state index is -0.322. The van der Waals surface area contributed by atoms with E-state index in [2.05, 4.69) is 4.98 Å². The average Bonchev–Trinajstić information content (AvgIpc) is 2.50. The van der Waals surface area contributed by atoms with E-state index in [1.807, 2.05) is 30.1 Å². The Morgan fingerprint density at radius 3 is 2.52 bits per heavy atom. The molecule has 21 heavy (non-hydrogen) atoms. The molecule has 0 bridgehead atoms. The highest BCUT2D eigenvalue weighted by molar-refractivity contribution is 5.94. The van der Waals surface area contributed by atoms with Crippen molar-refractivity contribution in [1.82, 2.24) is 4.98 Å². The Hall–Kier alpha value is -2.01. The molecule has 1 aromatic heterocycles.